The molecule has 27 heavy (non-hydrogen) atoms. The van der Waals surface area contributed by atoms with Crippen molar-refractivity contribution in [2.75, 3.05) is 18.9 Å². The molecule has 1 aromatic heterocycles. The summed E-state index contributed by atoms with van der Waals surface area (Å²) in [6.45, 7) is 1.37. The number of aliphatic hydroxyl groups is 1. The average molecular weight is 408 g/mol. The van der Waals surface area contributed by atoms with Crippen LogP contribution in [0.3, 0.4) is 0 Å². The maximum absolute atomic E-state index is 12.2. The third-order valence-electron chi connectivity index (χ3n) is 3.36. The van der Waals surface area contributed by atoms with Crippen LogP contribution in [0.4, 0.5) is 19.1 Å². The van der Waals surface area contributed by atoms with Crippen molar-refractivity contribution < 1.29 is 32.9 Å². The highest BCUT2D eigenvalue weighted by atomic mass is 35.5. The highest BCUT2D eigenvalue weighted by Gasteiger charge is 2.32. The first-order valence-corrected chi connectivity index (χ1v) is 8.16. The molecular formula is C16H17ClF3N3O4. The maximum atomic E-state index is 12.2. The number of nitrogens with zero attached hydrogens (tertiary/aromatic N) is 2. The third-order valence-corrected chi connectivity index (χ3v) is 3.63. The Bertz CT molecular complexity index is 771. The zero-order chi connectivity index (χ0) is 20.0. The van der Waals surface area contributed by atoms with Gasteiger partial charge in [0.05, 0.1) is 29.6 Å². The summed E-state index contributed by atoms with van der Waals surface area (Å²) in [6.07, 6.45) is -1.96. The second kappa shape index (κ2) is 9.07. The van der Waals surface area contributed by atoms with Crippen LogP contribution in [-0.4, -0.2) is 45.9 Å². The van der Waals surface area contributed by atoms with E-state index in [1.807, 2.05) is 0 Å². The fourth-order valence-corrected chi connectivity index (χ4v) is 2.37. The van der Waals surface area contributed by atoms with Crippen LogP contribution < -0.4 is 10.5 Å². The van der Waals surface area contributed by atoms with Gasteiger partial charge in [0.25, 0.3) is 0 Å². The van der Waals surface area contributed by atoms with Crippen LogP contribution in [0.2, 0.25) is 5.02 Å². The Morgan fingerprint density at radius 1 is 1.33 bits per heavy atom. The Morgan fingerprint density at radius 2 is 2.07 bits per heavy atom. The quantitative estimate of drug-likeness (QED) is 0.701. The van der Waals surface area contributed by atoms with Gasteiger partial charge < -0.3 is 25.4 Å². The lowest BCUT2D eigenvalue weighted by atomic mass is 10.1. The second-order valence-corrected chi connectivity index (χ2v) is 5.93. The summed E-state index contributed by atoms with van der Waals surface area (Å²) in [4.78, 5) is 7.46. The molecule has 0 bridgehead atoms. The number of anilines is 1. The Labute approximate surface area is 157 Å². The van der Waals surface area contributed by atoms with Crippen LogP contribution in [-0.2, 0) is 4.74 Å². The number of nitrogens with two attached hydrogens (primary N) is 1. The molecule has 1 unspecified atom stereocenters. The van der Waals surface area contributed by atoms with Gasteiger partial charge in [-0.3, -0.25) is 0 Å². The van der Waals surface area contributed by atoms with E-state index in [0.717, 1.165) is 31.6 Å². The highest BCUT2D eigenvalue weighted by Crippen LogP contribution is 2.36. The molecule has 2 heterocycles. The topological polar surface area (TPSA) is 111 Å². The van der Waals surface area contributed by atoms with Crippen molar-refractivity contribution in [2.45, 2.75) is 25.3 Å². The van der Waals surface area contributed by atoms with E-state index in [9.17, 15) is 18.3 Å². The number of hydrogen-bond donors (Lipinski definition) is 3. The number of aliphatic hydroxyl groups excluding tert-OH is 1. The summed E-state index contributed by atoms with van der Waals surface area (Å²) in [5.41, 5.74) is 5.72. The Morgan fingerprint density at radius 3 is 2.63 bits per heavy atom. The number of ether oxygens (including phenoxy) is 2. The predicted molar refractivity (Wildman–Crippen MR) is 91.3 cm³/mol. The second-order valence-electron chi connectivity index (χ2n) is 5.53. The number of nitrogen functional groups attached to an aromatic ring is 1. The molecule has 1 aromatic carbocycles. The van der Waals surface area contributed by atoms with E-state index in [0.29, 0.717) is 6.61 Å². The zero-order valence-corrected chi connectivity index (χ0v) is 14.7. The van der Waals surface area contributed by atoms with Gasteiger partial charge in [-0.2, -0.15) is 0 Å². The number of alkyl halides is 3. The largest absolute Gasteiger partial charge is 0.573 e. The van der Waals surface area contributed by atoms with Gasteiger partial charge in [0, 0.05) is 12.2 Å². The van der Waals surface area contributed by atoms with Gasteiger partial charge in [0.2, 0.25) is 5.95 Å². The van der Waals surface area contributed by atoms with Crippen molar-refractivity contribution in [3.05, 3.63) is 29.4 Å². The van der Waals surface area contributed by atoms with E-state index in [1.54, 1.807) is 0 Å². The van der Waals surface area contributed by atoms with Crippen LogP contribution in [0.25, 0.3) is 11.3 Å². The van der Waals surface area contributed by atoms with E-state index in [-0.39, 0.29) is 28.3 Å². The number of phenols is 1. The summed E-state index contributed by atoms with van der Waals surface area (Å²) >= 11 is 5.85. The van der Waals surface area contributed by atoms with Gasteiger partial charge in [0.1, 0.15) is 0 Å². The summed E-state index contributed by atoms with van der Waals surface area (Å²) < 4.78 is 45.2. The summed E-state index contributed by atoms with van der Waals surface area (Å²) in [6, 6.07) is 3.31. The fraction of sp³-hybridized carbons (Fsp3) is 0.375. The summed E-state index contributed by atoms with van der Waals surface area (Å²) in [5.74, 6) is -1.51. The van der Waals surface area contributed by atoms with Crippen LogP contribution in [0.1, 0.15) is 12.8 Å². The van der Waals surface area contributed by atoms with Crippen LogP contribution in [0, 0.1) is 0 Å². The fourth-order valence-electron chi connectivity index (χ4n) is 2.17. The summed E-state index contributed by atoms with van der Waals surface area (Å²) in [5, 5.41) is 18.2. The van der Waals surface area contributed by atoms with Crippen molar-refractivity contribution in [3.63, 3.8) is 0 Å². The van der Waals surface area contributed by atoms with E-state index in [2.05, 4.69) is 14.7 Å². The first-order valence-electron chi connectivity index (χ1n) is 7.78. The van der Waals surface area contributed by atoms with E-state index in [1.165, 1.54) is 12.3 Å². The molecule has 0 radical (unpaired) electrons. The molecule has 148 valence electrons. The zero-order valence-electron chi connectivity index (χ0n) is 13.9. The number of aromatic nitrogens is 2. The lowest BCUT2D eigenvalue weighted by Gasteiger charge is -2.15. The minimum absolute atomic E-state index is 0.0873. The van der Waals surface area contributed by atoms with Gasteiger partial charge in [-0.05, 0) is 31.0 Å². The molecule has 0 aliphatic carbocycles. The van der Waals surface area contributed by atoms with Crippen molar-refractivity contribution in [1.82, 2.24) is 9.97 Å². The molecule has 0 amide bonds. The number of halogens is 4. The molecule has 1 aliphatic rings. The molecule has 7 nitrogen and oxygen atoms in total. The average Bonchev–Trinajstić information content (AvgIpc) is 2.59. The molecule has 0 saturated carbocycles. The minimum atomic E-state index is -4.93. The smallest absolute Gasteiger partial charge is 0.504 e. The normalized spacial score (nSPS) is 17.0. The van der Waals surface area contributed by atoms with Gasteiger partial charge in [-0.15, -0.1) is 13.2 Å². The molecule has 3 rings (SSSR count). The maximum Gasteiger partial charge on any atom is 0.573 e. The van der Waals surface area contributed by atoms with Crippen LogP contribution >= 0.6 is 11.6 Å². The van der Waals surface area contributed by atoms with Crippen molar-refractivity contribution in [3.8, 4) is 22.8 Å². The Kier molecular flexibility index (Phi) is 7.05. The van der Waals surface area contributed by atoms with E-state index < -0.39 is 17.9 Å². The van der Waals surface area contributed by atoms with E-state index in [4.69, 9.17) is 27.2 Å². The molecule has 1 saturated heterocycles. The standard InChI is InChI=1S/C11H7ClF3N3O2.C5H10O2/c12-6-4-17-10(16)18-9(6)5-1-2-7(19)8(3-5)20-11(13,14)15;6-5-2-1-3-7-4-5/h1-4,19H,(H2,16,17,18);5-6H,1-4H2. The molecular weight excluding hydrogens is 391 g/mol. The first kappa shape index (κ1) is 21.0. The molecule has 4 N–H and O–H groups in total. The highest BCUT2D eigenvalue weighted by molar-refractivity contribution is 6.32. The minimum Gasteiger partial charge on any atom is -0.504 e. The number of aromatic hydroxyl groups is 1. The van der Waals surface area contributed by atoms with Crippen LogP contribution in [0.5, 0.6) is 11.5 Å². The predicted octanol–water partition coefficient (Wildman–Crippen LogP) is 3.14. The van der Waals surface area contributed by atoms with Gasteiger partial charge in [-0.25, -0.2) is 9.97 Å². The van der Waals surface area contributed by atoms with Crippen LogP contribution in [0.15, 0.2) is 24.4 Å². The van der Waals surface area contributed by atoms with Crippen molar-refractivity contribution in [1.29, 1.82) is 0 Å². The molecule has 1 aliphatic heterocycles. The van der Waals surface area contributed by atoms with Crippen molar-refractivity contribution in [2.24, 2.45) is 0 Å². The van der Waals surface area contributed by atoms with Gasteiger partial charge in [0.15, 0.2) is 11.5 Å². The lowest BCUT2D eigenvalue weighted by Crippen LogP contribution is -2.21. The number of rotatable bonds is 2. The van der Waals surface area contributed by atoms with Gasteiger partial charge in [-0.1, -0.05) is 11.6 Å². The molecule has 2 aromatic rings. The molecule has 1 atom stereocenters. The van der Waals surface area contributed by atoms with E-state index >= 15 is 0 Å². The Balaban J connectivity index is 0.000000313. The number of benzene rings is 1. The first-order chi connectivity index (χ1) is 12.7. The Hall–Kier alpha value is -2.30. The molecule has 11 heteroatoms. The monoisotopic (exact) mass is 407 g/mol. The summed E-state index contributed by atoms with van der Waals surface area (Å²) in [7, 11) is 0. The number of phenolic OH excluding ortho intramolecular Hbond substituents is 1. The number of hydrogen-bond acceptors (Lipinski definition) is 7. The van der Waals surface area contributed by atoms with Crippen molar-refractivity contribution >= 4 is 17.5 Å². The molecule has 1 fully saturated rings. The molecule has 0 spiro atoms. The van der Waals surface area contributed by atoms with Gasteiger partial charge >= 0.3 is 6.36 Å². The third kappa shape index (κ3) is 6.74. The SMILES string of the molecule is Nc1ncc(Cl)c(-c2ccc(O)c(OC(F)(F)F)c2)n1.OC1CCCOC1. The lowest BCUT2D eigenvalue weighted by molar-refractivity contribution is -0.275.